The van der Waals surface area contributed by atoms with Crippen molar-refractivity contribution < 1.29 is 17.9 Å². The van der Waals surface area contributed by atoms with Crippen LogP contribution in [0.25, 0.3) is 0 Å². The third-order valence-electron chi connectivity index (χ3n) is 6.16. The van der Waals surface area contributed by atoms with Gasteiger partial charge in [0.1, 0.15) is 5.82 Å². The second kappa shape index (κ2) is 9.16. The smallest absolute Gasteiger partial charge is 0.417 e. The predicted molar refractivity (Wildman–Crippen MR) is 116 cm³/mol. The molecule has 1 aromatic heterocycles. The van der Waals surface area contributed by atoms with Gasteiger partial charge in [-0.3, -0.25) is 0 Å². The zero-order valence-corrected chi connectivity index (χ0v) is 17.4. The summed E-state index contributed by atoms with van der Waals surface area (Å²) in [5.74, 6) is 0.551. The third-order valence-corrected chi connectivity index (χ3v) is 6.16. The highest BCUT2D eigenvalue weighted by molar-refractivity contribution is 5.85. The first kappa shape index (κ1) is 21.5. The number of hydroxylamine groups is 1. The molecular weight excluding hydrogens is 405 g/mol. The lowest BCUT2D eigenvalue weighted by Gasteiger charge is -2.37. The van der Waals surface area contributed by atoms with Crippen LogP contribution in [-0.4, -0.2) is 48.2 Å². The van der Waals surface area contributed by atoms with Crippen LogP contribution in [0, 0.1) is 5.21 Å². The second-order valence-corrected chi connectivity index (χ2v) is 8.22. The van der Waals surface area contributed by atoms with Gasteiger partial charge in [0.15, 0.2) is 12.3 Å². The van der Waals surface area contributed by atoms with Crippen molar-refractivity contribution in [3.8, 4) is 0 Å². The van der Waals surface area contributed by atoms with Gasteiger partial charge in [-0.15, -0.1) is 0 Å². The van der Waals surface area contributed by atoms with E-state index in [0.29, 0.717) is 32.0 Å². The fraction of sp³-hybridized carbons (Fsp3) is 0.478. The molecule has 1 aliphatic carbocycles. The standard InChI is InChI=1S/C23H27F3N4O/c24-23(25,26)19-10-11-22(27-16-19)29-14-12-28(13-15-29)21-9-5-4-6-18(21)17-30(31)20-7-2-1-3-8-20/h4-6,9-11,16-17,20H,1-3,7-8,12-15H2/b30-17-. The van der Waals surface area contributed by atoms with Crippen molar-refractivity contribution in [3.05, 3.63) is 58.9 Å². The molecule has 0 amide bonds. The number of para-hydroxylation sites is 1. The molecule has 166 valence electrons. The maximum Gasteiger partial charge on any atom is 0.417 e. The minimum Gasteiger partial charge on any atom is -0.624 e. The Kier molecular flexibility index (Phi) is 6.34. The minimum absolute atomic E-state index is 0.0596. The zero-order chi connectivity index (χ0) is 21.8. The van der Waals surface area contributed by atoms with E-state index < -0.39 is 11.7 Å². The number of rotatable bonds is 4. The van der Waals surface area contributed by atoms with Crippen LogP contribution >= 0.6 is 0 Å². The van der Waals surface area contributed by atoms with Crippen LogP contribution in [0.5, 0.6) is 0 Å². The summed E-state index contributed by atoms with van der Waals surface area (Å²) >= 11 is 0. The van der Waals surface area contributed by atoms with Crippen LogP contribution in [-0.2, 0) is 6.18 Å². The SMILES string of the molecule is [O-]/[N+](=C\c1ccccc1N1CCN(c2ccc(C(F)(F)F)cn2)CC1)C1CCCCC1. The molecule has 0 bridgehead atoms. The number of anilines is 2. The summed E-state index contributed by atoms with van der Waals surface area (Å²) in [5, 5.41) is 12.7. The van der Waals surface area contributed by atoms with Gasteiger partial charge in [0, 0.05) is 45.2 Å². The first-order valence-electron chi connectivity index (χ1n) is 10.8. The molecule has 0 radical (unpaired) electrons. The zero-order valence-electron chi connectivity index (χ0n) is 17.4. The normalized spacial score (nSPS) is 19.0. The van der Waals surface area contributed by atoms with Gasteiger partial charge in [-0.05, 0) is 37.1 Å². The van der Waals surface area contributed by atoms with Gasteiger partial charge < -0.3 is 15.0 Å². The van der Waals surface area contributed by atoms with Crippen molar-refractivity contribution in [1.82, 2.24) is 4.98 Å². The van der Waals surface area contributed by atoms with Gasteiger partial charge in [0.2, 0.25) is 0 Å². The van der Waals surface area contributed by atoms with Crippen LogP contribution in [0.1, 0.15) is 43.2 Å². The Bertz CT molecular complexity index is 900. The van der Waals surface area contributed by atoms with Gasteiger partial charge in [-0.25, -0.2) is 9.72 Å². The lowest BCUT2D eigenvalue weighted by atomic mass is 9.96. The molecule has 0 atom stereocenters. The summed E-state index contributed by atoms with van der Waals surface area (Å²) in [6, 6.07) is 10.5. The van der Waals surface area contributed by atoms with E-state index in [1.807, 2.05) is 29.2 Å². The number of benzene rings is 1. The van der Waals surface area contributed by atoms with E-state index in [1.165, 1.54) is 12.5 Å². The van der Waals surface area contributed by atoms with Gasteiger partial charge in [-0.2, -0.15) is 13.2 Å². The fourth-order valence-corrected chi connectivity index (χ4v) is 4.38. The summed E-state index contributed by atoms with van der Waals surface area (Å²) in [7, 11) is 0. The molecule has 2 aliphatic rings. The predicted octanol–water partition coefficient (Wildman–Crippen LogP) is 4.69. The largest absolute Gasteiger partial charge is 0.624 e. The minimum atomic E-state index is -4.38. The van der Waals surface area contributed by atoms with E-state index in [0.717, 1.165) is 53.9 Å². The van der Waals surface area contributed by atoms with Crippen molar-refractivity contribution in [2.75, 3.05) is 36.0 Å². The van der Waals surface area contributed by atoms with Crippen molar-refractivity contribution in [1.29, 1.82) is 0 Å². The number of pyridine rings is 1. The molecule has 2 aromatic rings. The molecular formula is C23H27F3N4O. The first-order chi connectivity index (χ1) is 14.9. The van der Waals surface area contributed by atoms with Crippen molar-refractivity contribution in [2.45, 2.75) is 44.3 Å². The average Bonchev–Trinajstić information content (AvgIpc) is 2.80. The number of piperazine rings is 1. The van der Waals surface area contributed by atoms with E-state index in [-0.39, 0.29) is 6.04 Å². The lowest BCUT2D eigenvalue weighted by Crippen LogP contribution is -2.47. The molecule has 8 heteroatoms. The van der Waals surface area contributed by atoms with Crippen molar-refractivity contribution in [2.24, 2.45) is 0 Å². The summed E-state index contributed by atoms with van der Waals surface area (Å²) in [5.41, 5.74) is 1.18. The Labute approximate surface area is 180 Å². The molecule has 4 rings (SSSR count). The number of hydrogen-bond acceptors (Lipinski definition) is 4. The molecule has 0 spiro atoms. The van der Waals surface area contributed by atoms with E-state index in [9.17, 15) is 18.4 Å². The highest BCUT2D eigenvalue weighted by atomic mass is 19.4. The van der Waals surface area contributed by atoms with Gasteiger partial charge >= 0.3 is 6.18 Å². The highest BCUT2D eigenvalue weighted by Crippen LogP contribution is 2.30. The number of alkyl halides is 3. The van der Waals surface area contributed by atoms with E-state index >= 15 is 0 Å². The Morgan fingerprint density at radius 3 is 2.26 bits per heavy atom. The molecule has 1 aliphatic heterocycles. The van der Waals surface area contributed by atoms with Crippen molar-refractivity contribution in [3.63, 3.8) is 0 Å². The van der Waals surface area contributed by atoms with Gasteiger partial charge in [0.05, 0.1) is 16.8 Å². The summed E-state index contributed by atoms with van der Waals surface area (Å²) in [6.45, 7) is 2.71. The summed E-state index contributed by atoms with van der Waals surface area (Å²) in [6.07, 6.45) is 3.55. The number of hydrogen-bond donors (Lipinski definition) is 0. The van der Waals surface area contributed by atoms with E-state index in [4.69, 9.17) is 0 Å². The average molecular weight is 432 g/mol. The molecule has 1 saturated heterocycles. The topological polar surface area (TPSA) is 45.4 Å². The van der Waals surface area contributed by atoms with Crippen LogP contribution < -0.4 is 9.80 Å². The number of nitrogens with zero attached hydrogens (tertiary/aromatic N) is 4. The van der Waals surface area contributed by atoms with Crippen LogP contribution in [0.2, 0.25) is 0 Å². The maximum absolute atomic E-state index is 12.8. The van der Waals surface area contributed by atoms with E-state index in [2.05, 4.69) is 9.88 Å². The van der Waals surface area contributed by atoms with Crippen LogP contribution in [0.3, 0.4) is 0 Å². The molecule has 0 unspecified atom stereocenters. The van der Waals surface area contributed by atoms with E-state index in [1.54, 1.807) is 6.21 Å². The maximum atomic E-state index is 12.8. The van der Waals surface area contributed by atoms with Crippen LogP contribution in [0.4, 0.5) is 24.7 Å². The first-order valence-corrected chi connectivity index (χ1v) is 10.8. The molecule has 1 aromatic carbocycles. The number of halogens is 3. The number of aromatic nitrogens is 1. The fourth-order valence-electron chi connectivity index (χ4n) is 4.38. The van der Waals surface area contributed by atoms with Gasteiger partial charge in [-0.1, -0.05) is 18.6 Å². The molecule has 2 fully saturated rings. The van der Waals surface area contributed by atoms with Crippen molar-refractivity contribution >= 4 is 17.7 Å². The molecule has 2 heterocycles. The molecule has 1 saturated carbocycles. The summed E-state index contributed by atoms with van der Waals surface area (Å²) < 4.78 is 39.4. The van der Waals surface area contributed by atoms with Crippen LogP contribution in [0.15, 0.2) is 42.6 Å². The van der Waals surface area contributed by atoms with Gasteiger partial charge in [0.25, 0.3) is 0 Å². The second-order valence-electron chi connectivity index (χ2n) is 8.22. The Hall–Kier alpha value is -2.77. The lowest BCUT2D eigenvalue weighted by molar-refractivity contribution is -0.500. The monoisotopic (exact) mass is 432 g/mol. The quantitative estimate of drug-likeness (QED) is 0.304. The molecule has 31 heavy (non-hydrogen) atoms. The Balaban J connectivity index is 1.43. The Morgan fingerprint density at radius 2 is 1.61 bits per heavy atom. The summed E-state index contributed by atoms with van der Waals surface area (Å²) in [4.78, 5) is 8.22. The molecule has 5 nitrogen and oxygen atoms in total. The highest BCUT2D eigenvalue weighted by Gasteiger charge is 2.31. The molecule has 0 N–H and O–H groups in total. The Morgan fingerprint density at radius 1 is 0.935 bits per heavy atom. The third kappa shape index (κ3) is 5.11.